The molecule has 0 saturated carbocycles. The van der Waals surface area contributed by atoms with E-state index in [1.165, 1.54) is 0 Å². The van der Waals surface area contributed by atoms with Crippen molar-refractivity contribution >= 4 is 21.8 Å². The molecule has 1 heterocycles. The minimum atomic E-state index is -0.796. The summed E-state index contributed by atoms with van der Waals surface area (Å²) < 4.78 is 11.8. The molecule has 3 N–H and O–H groups in total. The van der Waals surface area contributed by atoms with Gasteiger partial charge in [0.1, 0.15) is 12.4 Å². The summed E-state index contributed by atoms with van der Waals surface area (Å²) in [5.41, 5.74) is 5.28. The van der Waals surface area contributed by atoms with Gasteiger partial charge in [0.15, 0.2) is 0 Å². The molecule has 0 radical (unpaired) electrons. The van der Waals surface area contributed by atoms with E-state index in [1.54, 1.807) is 0 Å². The van der Waals surface area contributed by atoms with E-state index < -0.39 is 5.54 Å². The zero-order valence-electron chi connectivity index (χ0n) is 11.2. The highest BCUT2D eigenvalue weighted by Gasteiger charge is 2.35. The first-order valence-corrected chi connectivity index (χ1v) is 7.43. The van der Waals surface area contributed by atoms with Crippen molar-refractivity contribution in [1.29, 1.82) is 0 Å². The smallest absolute Gasteiger partial charge is 0.240 e. The predicted molar refractivity (Wildman–Crippen MR) is 79.6 cm³/mol. The summed E-state index contributed by atoms with van der Waals surface area (Å²) in [4.78, 5) is 12.0. The minimum absolute atomic E-state index is 0.125. The second-order valence-electron chi connectivity index (χ2n) is 4.83. The van der Waals surface area contributed by atoms with Crippen LogP contribution in [0.4, 0.5) is 0 Å². The highest BCUT2D eigenvalue weighted by molar-refractivity contribution is 9.10. The lowest BCUT2D eigenvalue weighted by molar-refractivity contribution is -0.129. The van der Waals surface area contributed by atoms with E-state index in [-0.39, 0.29) is 5.91 Å². The molecule has 1 saturated heterocycles. The highest BCUT2D eigenvalue weighted by atomic mass is 79.9. The number of rotatable bonds is 5. The SMILES string of the molecule is NC1(C(=O)NCCOc2ccc(Br)cc2)CCOCC1. The van der Waals surface area contributed by atoms with Gasteiger partial charge in [0.05, 0.1) is 12.1 Å². The molecule has 2 rings (SSSR count). The monoisotopic (exact) mass is 342 g/mol. The van der Waals surface area contributed by atoms with Crippen LogP contribution in [0.5, 0.6) is 5.75 Å². The van der Waals surface area contributed by atoms with Crippen LogP contribution in [-0.2, 0) is 9.53 Å². The van der Waals surface area contributed by atoms with Crippen molar-refractivity contribution in [3.05, 3.63) is 28.7 Å². The number of hydrogen-bond acceptors (Lipinski definition) is 4. The van der Waals surface area contributed by atoms with Crippen molar-refractivity contribution in [2.24, 2.45) is 5.73 Å². The van der Waals surface area contributed by atoms with E-state index in [2.05, 4.69) is 21.2 Å². The number of nitrogens with one attached hydrogen (secondary N) is 1. The number of carbonyl (C=O) groups is 1. The summed E-state index contributed by atoms with van der Waals surface area (Å²) in [7, 11) is 0. The minimum Gasteiger partial charge on any atom is -0.492 e. The van der Waals surface area contributed by atoms with Crippen LogP contribution in [0.3, 0.4) is 0 Å². The summed E-state index contributed by atoms with van der Waals surface area (Å²) in [6.07, 6.45) is 1.12. The van der Waals surface area contributed by atoms with Gasteiger partial charge in [-0.3, -0.25) is 4.79 Å². The fourth-order valence-electron chi connectivity index (χ4n) is 2.00. The molecular formula is C14H19BrN2O3. The average molecular weight is 343 g/mol. The van der Waals surface area contributed by atoms with Gasteiger partial charge in [-0.1, -0.05) is 15.9 Å². The third-order valence-corrected chi connectivity index (χ3v) is 3.84. The fourth-order valence-corrected chi connectivity index (χ4v) is 2.27. The molecule has 0 unspecified atom stereocenters. The molecule has 0 atom stereocenters. The second kappa shape index (κ2) is 7.06. The van der Waals surface area contributed by atoms with Crippen LogP contribution in [-0.4, -0.2) is 37.8 Å². The highest BCUT2D eigenvalue weighted by Crippen LogP contribution is 2.18. The summed E-state index contributed by atoms with van der Waals surface area (Å²) in [5, 5.41) is 2.82. The molecule has 0 bridgehead atoms. The summed E-state index contributed by atoms with van der Waals surface area (Å²) in [5.74, 6) is 0.649. The maximum absolute atomic E-state index is 12.0. The van der Waals surface area contributed by atoms with Crippen LogP contribution in [0.15, 0.2) is 28.7 Å². The van der Waals surface area contributed by atoms with Crippen LogP contribution in [0.2, 0.25) is 0 Å². The maximum Gasteiger partial charge on any atom is 0.240 e. The van der Waals surface area contributed by atoms with Crippen LogP contribution in [0.1, 0.15) is 12.8 Å². The van der Waals surface area contributed by atoms with Crippen molar-refractivity contribution in [3.63, 3.8) is 0 Å². The number of benzene rings is 1. The Labute approximate surface area is 126 Å². The Hall–Kier alpha value is -1.11. The number of halogens is 1. The Morgan fingerprint density at radius 1 is 1.35 bits per heavy atom. The van der Waals surface area contributed by atoms with E-state index in [0.29, 0.717) is 39.2 Å². The molecule has 1 aliphatic rings. The Morgan fingerprint density at radius 3 is 2.65 bits per heavy atom. The van der Waals surface area contributed by atoms with Crippen molar-refractivity contribution in [3.8, 4) is 5.75 Å². The largest absolute Gasteiger partial charge is 0.492 e. The lowest BCUT2D eigenvalue weighted by Crippen LogP contribution is -2.57. The van der Waals surface area contributed by atoms with Crippen molar-refractivity contribution in [2.75, 3.05) is 26.4 Å². The van der Waals surface area contributed by atoms with Gasteiger partial charge in [-0.25, -0.2) is 0 Å². The standard InChI is InChI=1S/C14H19BrN2O3/c15-11-1-3-12(4-2-11)20-10-7-17-13(18)14(16)5-8-19-9-6-14/h1-4H,5-10,16H2,(H,17,18). The number of amides is 1. The molecule has 0 spiro atoms. The summed E-state index contributed by atoms with van der Waals surface area (Å²) in [6, 6.07) is 7.55. The van der Waals surface area contributed by atoms with E-state index in [1.807, 2.05) is 24.3 Å². The normalized spacial score (nSPS) is 17.5. The van der Waals surface area contributed by atoms with E-state index in [0.717, 1.165) is 10.2 Å². The number of carbonyl (C=O) groups excluding carboxylic acids is 1. The Bertz CT molecular complexity index is 444. The quantitative estimate of drug-likeness (QED) is 0.794. The van der Waals surface area contributed by atoms with Gasteiger partial charge in [0.25, 0.3) is 0 Å². The molecule has 1 fully saturated rings. The van der Waals surface area contributed by atoms with Crippen LogP contribution >= 0.6 is 15.9 Å². The zero-order chi connectivity index (χ0) is 14.4. The lowest BCUT2D eigenvalue weighted by Gasteiger charge is -2.31. The maximum atomic E-state index is 12.0. The lowest BCUT2D eigenvalue weighted by atomic mass is 9.90. The third-order valence-electron chi connectivity index (χ3n) is 3.31. The Kier molecular flexibility index (Phi) is 5.39. The number of nitrogens with two attached hydrogens (primary N) is 1. The molecule has 110 valence electrons. The number of ether oxygens (including phenoxy) is 2. The van der Waals surface area contributed by atoms with Crippen LogP contribution in [0, 0.1) is 0 Å². The molecule has 5 nitrogen and oxygen atoms in total. The molecule has 20 heavy (non-hydrogen) atoms. The summed E-state index contributed by atoms with van der Waals surface area (Å²) in [6.45, 7) is 1.94. The van der Waals surface area contributed by atoms with Gasteiger partial charge in [-0.15, -0.1) is 0 Å². The topological polar surface area (TPSA) is 73.6 Å². The van der Waals surface area contributed by atoms with Gasteiger partial charge in [0, 0.05) is 17.7 Å². The Morgan fingerprint density at radius 2 is 2.00 bits per heavy atom. The zero-order valence-corrected chi connectivity index (χ0v) is 12.8. The van der Waals surface area contributed by atoms with E-state index >= 15 is 0 Å². The first-order chi connectivity index (χ1) is 9.60. The molecule has 0 aromatic heterocycles. The predicted octanol–water partition coefficient (Wildman–Crippen LogP) is 1.45. The van der Waals surface area contributed by atoms with Gasteiger partial charge in [-0.2, -0.15) is 0 Å². The van der Waals surface area contributed by atoms with Gasteiger partial charge < -0.3 is 20.5 Å². The molecule has 1 aliphatic heterocycles. The van der Waals surface area contributed by atoms with E-state index in [9.17, 15) is 4.79 Å². The average Bonchev–Trinajstić information content (AvgIpc) is 2.46. The fraction of sp³-hybridized carbons (Fsp3) is 0.500. The van der Waals surface area contributed by atoms with Gasteiger partial charge >= 0.3 is 0 Å². The second-order valence-corrected chi connectivity index (χ2v) is 5.74. The van der Waals surface area contributed by atoms with Crippen LogP contribution < -0.4 is 15.8 Å². The molecular weight excluding hydrogens is 324 g/mol. The Balaban J connectivity index is 1.70. The van der Waals surface area contributed by atoms with Gasteiger partial charge in [0.2, 0.25) is 5.91 Å². The van der Waals surface area contributed by atoms with Crippen molar-refractivity contribution in [2.45, 2.75) is 18.4 Å². The molecule has 1 aromatic carbocycles. The molecule has 6 heteroatoms. The number of hydrogen-bond donors (Lipinski definition) is 2. The first kappa shape index (κ1) is 15.3. The molecule has 0 aliphatic carbocycles. The first-order valence-electron chi connectivity index (χ1n) is 6.63. The van der Waals surface area contributed by atoms with Crippen molar-refractivity contribution in [1.82, 2.24) is 5.32 Å². The summed E-state index contributed by atoms with van der Waals surface area (Å²) >= 11 is 3.36. The molecule has 1 amide bonds. The van der Waals surface area contributed by atoms with Crippen LogP contribution in [0.25, 0.3) is 0 Å². The molecule has 1 aromatic rings. The van der Waals surface area contributed by atoms with Crippen molar-refractivity contribution < 1.29 is 14.3 Å². The third kappa shape index (κ3) is 4.19. The van der Waals surface area contributed by atoms with E-state index in [4.69, 9.17) is 15.2 Å². The van der Waals surface area contributed by atoms with Gasteiger partial charge in [-0.05, 0) is 37.1 Å².